The summed E-state index contributed by atoms with van der Waals surface area (Å²) < 4.78 is 40.6. The third kappa shape index (κ3) is 15.1. The first-order valence-electron chi connectivity index (χ1n) is 19.6. The summed E-state index contributed by atoms with van der Waals surface area (Å²) in [6.45, 7) is 2.84. The third-order valence-electron chi connectivity index (χ3n) is 8.49. The molecule has 22 nitrogen and oxygen atoms in total. The summed E-state index contributed by atoms with van der Waals surface area (Å²) in [6.07, 6.45) is 3.07. The normalized spacial score (nSPS) is 11.4. The molecule has 0 saturated heterocycles. The van der Waals surface area contributed by atoms with Crippen molar-refractivity contribution in [3.05, 3.63) is 108 Å². The van der Waals surface area contributed by atoms with Crippen LogP contribution >= 0.6 is 12.0 Å². The molecule has 0 atom stereocenters. The highest BCUT2D eigenvalue weighted by atomic mass is 32.2. The summed E-state index contributed by atoms with van der Waals surface area (Å²) in [7, 11) is -4.76. The van der Waals surface area contributed by atoms with Crippen LogP contribution in [0.15, 0.2) is 107 Å². The average Bonchev–Trinajstić information content (AvgIpc) is 3.28. The molecular weight excluding hydrogens is 869 g/mol. The maximum absolute atomic E-state index is 12.7. The zero-order valence-electron chi connectivity index (χ0n) is 34.0. The van der Waals surface area contributed by atoms with E-state index in [1.807, 2.05) is 60.7 Å². The van der Waals surface area contributed by atoms with Gasteiger partial charge in [0, 0.05) is 66.9 Å². The number of para-hydroxylation sites is 2. The molecule has 0 aliphatic heterocycles. The minimum absolute atomic E-state index is 0.00276. The number of nitrogens with one attached hydrogen (secondary N) is 8. The van der Waals surface area contributed by atoms with Gasteiger partial charge in [0.1, 0.15) is 4.90 Å². The molecule has 2 aromatic heterocycles. The summed E-state index contributed by atoms with van der Waals surface area (Å²) in [5, 5.41) is 55.8. The Morgan fingerprint density at radius 1 is 0.531 bits per heavy atom. The molecule has 0 aliphatic rings. The maximum atomic E-state index is 12.7. The Kier molecular flexibility index (Phi) is 17.8. The molecule has 24 heteroatoms. The summed E-state index contributed by atoms with van der Waals surface area (Å²) in [5.41, 5.74) is 2.87. The van der Waals surface area contributed by atoms with Crippen molar-refractivity contribution in [2.24, 2.45) is 0 Å². The van der Waals surface area contributed by atoms with Crippen molar-refractivity contribution in [3.8, 4) is 0 Å². The largest absolute Gasteiger partial charge is 0.395 e. The van der Waals surface area contributed by atoms with Crippen LogP contribution in [0.2, 0.25) is 0 Å². The molecule has 4 aromatic carbocycles. The maximum Gasteiger partial charge on any atom is 0.295 e. The molecule has 0 spiro atoms. The fourth-order valence-corrected chi connectivity index (χ4v) is 6.87. The number of nitrogens with zero attached hydrogens (tertiary/aromatic N) is 6. The molecule has 0 fully saturated rings. The van der Waals surface area contributed by atoms with Gasteiger partial charge < -0.3 is 52.7 Å². The number of aromatic nitrogens is 6. The Morgan fingerprint density at radius 2 is 0.969 bits per heavy atom. The summed E-state index contributed by atoms with van der Waals surface area (Å²) in [4.78, 5) is 26.8. The predicted octanol–water partition coefficient (Wildman–Crippen LogP) is 4.86. The Bertz CT molecular complexity index is 2550. The van der Waals surface area contributed by atoms with Gasteiger partial charge in [0.15, 0.2) is 0 Å². The number of benzene rings is 4. The zero-order chi connectivity index (χ0) is 45.0. The molecule has 0 saturated carbocycles. The van der Waals surface area contributed by atoms with Crippen molar-refractivity contribution >= 4 is 92.8 Å². The van der Waals surface area contributed by atoms with Gasteiger partial charge in [0.05, 0.1) is 25.3 Å². The van der Waals surface area contributed by atoms with Crippen LogP contribution in [0.3, 0.4) is 0 Å². The van der Waals surface area contributed by atoms with Crippen molar-refractivity contribution in [2.45, 2.75) is 9.79 Å². The zero-order valence-corrected chi connectivity index (χ0v) is 35.6. The van der Waals surface area contributed by atoms with Crippen LogP contribution in [-0.2, 0) is 19.5 Å². The lowest BCUT2D eigenvalue weighted by molar-refractivity contribution is -0.432. The van der Waals surface area contributed by atoms with E-state index in [1.54, 1.807) is 30.3 Å². The van der Waals surface area contributed by atoms with Crippen molar-refractivity contribution in [2.75, 3.05) is 84.4 Å². The van der Waals surface area contributed by atoms with Gasteiger partial charge in [-0.2, -0.15) is 38.3 Å². The SMILES string of the molecule is O=S(=O)(O)c1cc(Nc2nc(NCCNCCO)nc(Nc3ccccc3)n2)ccc1C=Cc1ccc(Nc2nc(NCCNCCO)nc(Nc3ccccc3)n2)cc1SOOO. The van der Waals surface area contributed by atoms with Crippen LogP contribution in [0, 0.1) is 0 Å². The molecule has 0 amide bonds. The Hall–Kier alpha value is -6.58. The number of aliphatic hydroxyl groups is 2. The first-order chi connectivity index (χ1) is 31.2. The van der Waals surface area contributed by atoms with E-state index in [0.717, 1.165) is 11.4 Å². The van der Waals surface area contributed by atoms with Gasteiger partial charge in [-0.3, -0.25) is 4.55 Å². The van der Waals surface area contributed by atoms with Gasteiger partial charge in [0.25, 0.3) is 10.1 Å². The molecule has 6 rings (SSSR count). The van der Waals surface area contributed by atoms with Crippen LogP contribution < -0.4 is 42.5 Å². The van der Waals surface area contributed by atoms with Gasteiger partial charge >= 0.3 is 0 Å². The lowest BCUT2D eigenvalue weighted by Gasteiger charge is -2.13. The fraction of sp³-hybridized carbons (Fsp3) is 0.200. The smallest absolute Gasteiger partial charge is 0.295 e. The Morgan fingerprint density at radius 3 is 1.44 bits per heavy atom. The Labute approximate surface area is 372 Å². The first-order valence-corrected chi connectivity index (χ1v) is 21.8. The van der Waals surface area contributed by atoms with E-state index in [2.05, 4.69) is 77.5 Å². The van der Waals surface area contributed by atoms with Crippen molar-refractivity contribution < 1.29 is 37.8 Å². The van der Waals surface area contributed by atoms with Crippen LogP contribution in [0.25, 0.3) is 12.2 Å². The highest BCUT2D eigenvalue weighted by molar-refractivity contribution is 7.94. The number of hydrogen-bond donors (Lipinski definition) is 12. The van der Waals surface area contributed by atoms with Gasteiger partial charge in [0.2, 0.25) is 35.7 Å². The second kappa shape index (κ2) is 24.3. The molecule has 6 aromatic rings. The van der Waals surface area contributed by atoms with Crippen molar-refractivity contribution in [1.29, 1.82) is 0 Å². The van der Waals surface area contributed by atoms with E-state index >= 15 is 0 Å². The molecule has 0 radical (unpaired) electrons. The minimum Gasteiger partial charge on any atom is -0.395 e. The minimum atomic E-state index is -4.76. The standard InChI is InChI=1S/C40H46N14O8S2/c55-23-21-41-17-19-43-35-49-37(45-29-7-3-1-4-8-29)53-39(51-35)47-31-15-13-27(33(25-31)63-62-61-57)11-12-28-14-16-32(26-34(28)64(58,59)60)48-40-52-36(44-20-18-42-22-24-56)50-38(54-40)46-30-9-5-2-6-10-30/h1-16,25-26,41-42,55-57H,17-24H2,(H,58,59,60)(H3,43,45,47,49,51,53)(H3,44,46,48,50,52,54). The van der Waals surface area contributed by atoms with Crippen molar-refractivity contribution in [3.63, 3.8) is 0 Å². The van der Waals surface area contributed by atoms with E-state index < -0.39 is 15.0 Å². The van der Waals surface area contributed by atoms with Crippen LogP contribution in [0.4, 0.5) is 58.4 Å². The monoisotopic (exact) mass is 914 g/mol. The second-order valence-corrected chi connectivity index (χ2v) is 15.3. The fourth-order valence-electron chi connectivity index (χ4n) is 5.65. The van der Waals surface area contributed by atoms with E-state index in [-0.39, 0.29) is 60.2 Å². The molecule has 2 heterocycles. The van der Waals surface area contributed by atoms with Crippen molar-refractivity contribution in [1.82, 2.24) is 40.5 Å². The van der Waals surface area contributed by atoms with Crippen LogP contribution in [-0.4, -0.2) is 111 Å². The number of rotatable bonds is 26. The molecule has 0 aliphatic carbocycles. The molecule has 0 bridgehead atoms. The molecular formula is C40H46N14O8S2. The lowest BCUT2D eigenvalue weighted by atomic mass is 10.1. The molecule has 0 unspecified atom stereocenters. The van der Waals surface area contributed by atoms with Crippen LogP contribution in [0.5, 0.6) is 0 Å². The number of aliphatic hydroxyl groups excluding tert-OH is 2. The highest BCUT2D eigenvalue weighted by Crippen LogP contribution is 2.31. The van der Waals surface area contributed by atoms with Gasteiger partial charge in [-0.15, -0.1) is 4.33 Å². The van der Waals surface area contributed by atoms with E-state index in [0.29, 0.717) is 67.5 Å². The van der Waals surface area contributed by atoms with E-state index in [4.69, 9.17) is 19.8 Å². The summed E-state index contributed by atoms with van der Waals surface area (Å²) in [5.74, 6) is 1.22. The number of anilines is 10. The van der Waals surface area contributed by atoms with Gasteiger partial charge in [-0.1, -0.05) is 65.7 Å². The topological polar surface area (TPSA) is 307 Å². The quantitative estimate of drug-likeness (QED) is 0.00863. The lowest BCUT2D eigenvalue weighted by Crippen LogP contribution is -2.25. The second-order valence-electron chi connectivity index (χ2n) is 13.2. The summed E-state index contributed by atoms with van der Waals surface area (Å²) >= 11 is 0.670. The Balaban J connectivity index is 1.23. The molecule has 12 N–H and O–H groups in total. The van der Waals surface area contributed by atoms with E-state index in [9.17, 15) is 13.0 Å². The van der Waals surface area contributed by atoms with E-state index in [1.165, 1.54) is 18.2 Å². The highest BCUT2D eigenvalue weighted by Gasteiger charge is 2.17. The van der Waals surface area contributed by atoms with Gasteiger partial charge in [-0.25, -0.2) is 5.26 Å². The predicted molar refractivity (Wildman–Crippen MR) is 245 cm³/mol. The first kappa shape index (κ1) is 46.9. The number of hydrogen-bond acceptors (Lipinski definition) is 22. The summed E-state index contributed by atoms with van der Waals surface area (Å²) in [6, 6.07) is 28.0. The van der Waals surface area contributed by atoms with Crippen LogP contribution in [0.1, 0.15) is 11.1 Å². The average molecular weight is 915 g/mol. The third-order valence-corrected chi connectivity index (χ3v) is 10.1. The molecule has 336 valence electrons. The molecule has 64 heavy (non-hydrogen) atoms. The van der Waals surface area contributed by atoms with Gasteiger partial charge in [-0.05, 0) is 59.7 Å².